The fourth-order valence-electron chi connectivity index (χ4n) is 2.72. The average molecular weight is 254 g/mol. The highest BCUT2D eigenvalue weighted by Crippen LogP contribution is 2.22. The van der Waals surface area contributed by atoms with Crippen molar-refractivity contribution in [3.8, 4) is 0 Å². The largest absolute Gasteiger partial charge is 0.340 e. The van der Waals surface area contributed by atoms with Gasteiger partial charge in [-0.1, -0.05) is 19.3 Å². The smallest absolute Gasteiger partial charge is 0.224 e. The third-order valence-electron chi connectivity index (χ3n) is 3.67. The van der Waals surface area contributed by atoms with Crippen LogP contribution in [0.3, 0.4) is 0 Å². The molecular weight excluding hydrogens is 224 g/mol. The first kappa shape index (κ1) is 15.5. The first-order valence-electron chi connectivity index (χ1n) is 7.48. The molecule has 0 spiro atoms. The molecule has 0 aromatic carbocycles. The lowest BCUT2D eigenvalue weighted by Crippen LogP contribution is -2.44. The Morgan fingerprint density at radius 1 is 1.22 bits per heavy atom. The van der Waals surface area contributed by atoms with Crippen molar-refractivity contribution in [3.63, 3.8) is 0 Å². The highest BCUT2D eigenvalue weighted by atomic mass is 16.2. The van der Waals surface area contributed by atoms with E-state index in [1.54, 1.807) is 0 Å². The van der Waals surface area contributed by atoms with Gasteiger partial charge in [0.2, 0.25) is 5.91 Å². The zero-order valence-electron chi connectivity index (χ0n) is 12.6. The normalized spacial score (nSPS) is 17.8. The Bertz CT molecular complexity index is 252. The van der Waals surface area contributed by atoms with Gasteiger partial charge in [-0.15, -0.1) is 0 Å². The molecule has 1 aliphatic carbocycles. The number of rotatable bonds is 5. The second kappa shape index (κ2) is 7.13. The Morgan fingerprint density at radius 3 is 2.33 bits per heavy atom. The number of carbonyl (C=O) groups excluding carboxylic acids is 1. The van der Waals surface area contributed by atoms with Gasteiger partial charge in [0.25, 0.3) is 0 Å². The van der Waals surface area contributed by atoms with Gasteiger partial charge in [-0.2, -0.15) is 0 Å². The van der Waals surface area contributed by atoms with Crippen LogP contribution < -0.4 is 5.32 Å². The lowest BCUT2D eigenvalue weighted by atomic mass is 9.94. The quantitative estimate of drug-likeness (QED) is 0.818. The number of nitrogens with zero attached hydrogens (tertiary/aromatic N) is 1. The van der Waals surface area contributed by atoms with Crippen molar-refractivity contribution in [1.29, 1.82) is 0 Å². The molecule has 0 radical (unpaired) electrons. The summed E-state index contributed by atoms with van der Waals surface area (Å²) in [5.74, 6) is 0.321. The fourth-order valence-corrected chi connectivity index (χ4v) is 2.72. The topological polar surface area (TPSA) is 32.3 Å². The summed E-state index contributed by atoms with van der Waals surface area (Å²) in [5, 5.41) is 3.39. The minimum atomic E-state index is 0.0994. The highest BCUT2D eigenvalue weighted by molar-refractivity contribution is 5.76. The summed E-state index contributed by atoms with van der Waals surface area (Å²) in [5.41, 5.74) is 0.0994. The Balaban J connectivity index is 2.37. The summed E-state index contributed by atoms with van der Waals surface area (Å²) >= 11 is 0. The standard InChI is InChI=1S/C15H30N2O/c1-5-17(13-9-7-6-8-10-13)14(18)11-12-16-15(2,3)4/h13,16H,5-12H2,1-4H3. The van der Waals surface area contributed by atoms with E-state index in [-0.39, 0.29) is 5.54 Å². The molecule has 1 aliphatic rings. The van der Waals surface area contributed by atoms with Gasteiger partial charge in [-0.05, 0) is 40.5 Å². The molecule has 0 aromatic rings. The van der Waals surface area contributed by atoms with Crippen LogP contribution in [0.4, 0.5) is 0 Å². The van der Waals surface area contributed by atoms with E-state index in [2.05, 4.69) is 37.9 Å². The number of nitrogens with one attached hydrogen (secondary N) is 1. The van der Waals surface area contributed by atoms with Crippen molar-refractivity contribution >= 4 is 5.91 Å². The van der Waals surface area contributed by atoms with Gasteiger partial charge in [0.05, 0.1) is 0 Å². The van der Waals surface area contributed by atoms with Crippen molar-refractivity contribution < 1.29 is 4.79 Å². The van der Waals surface area contributed by atoms with Crippen LogP contribution >= 0.6 is 0 Å². The fraction of sp³-hybridized carbons (Fsp3) is 0.933. The van der Waals surface area contributed by atoms with Crippen LogP contribution in [0.1, 0.15) is 66.2 Å². The maximum atomic E-state index is 12.2. The van der Waals surface area contributed by atoms with Crippen LogP contribution in [0, 0.1) is 0 Å². The molecule has 0 bridgehead atoms. The summed E-state index contributed by atoms with van der Waals surface area (Å²) in [7, 11) is 0. The van der Waals surface area contributed by atoms with Gasteiger partial charge in [0.1, 0.15) is 0 Å². The molecule has 1 amide bonds. The molecule has 0 aliphatic heterocycles. The molecule has 18 heavy (non-hydrogen) atoms. The molecule has 0 aromatic heterocycles. The van der Waals surface area contributed by atoms with Gasteiger partial charge in [0, 0.05) is 31.1 Å². The Hall–Kier alpha value is -0.570. The second-order valence-corrected chi connectivity index (χ2v) is 6.40. The summed E-state index contributed by atoms with van der Waals surface area (Å²) in [6.07, 6.45) is 6.94. The number of hydrogen-bond acceptors (Lipinski definition) is 2. The van der Waals surface area contributed by atoms with Crippen LogP contribution in [-0.2, 0) is 4.79 Å². The molecule has 3 heteroatoms. The van der Waals surface area contributed by atoms with Gasteiger partial charge in [0.15, 0.2) is 0 Å². The Kier molecular flexibility index (Phi) is 6.13. The summed E-state index contributed by atoms with van der Waals surface area (Å²) < 4.78 is 0. The van der Waals surface area contributed by atoms with E-state index in [0.717, 1.165) is 13.1 Å². The maximum absolute atomic E-state index is 12.2. The van der Waals surface area contributed by atoms with E-state index in [1.807, 2.05) is 0 Å². The third-order valence-corrected chi connectivity index (χ3v) is 3.67. The molecule has 0 heterocycles. The highest BCUT2D eigenvalue weighted by Gasteiger charge is 2.23. The first-order valence-corrected chi connectivity index (χ1v) is 7.48. The summed E-state index contributed by atoms with van der Waals surface area (Å²) in [6.45, 7) is 10.1. The molecular formula is C15H30N2O. The van der Waals surface area contributed by atoms with Crippen LogP contribution in [0.2, 0.25) is 0 Å². The van der Waals surface area contributed by atoms with E-state index in [9.17, 15) is 4.79 Å². The van der Waals surface area contributed by atoms with Crippen molar-refractivity contribution in [3.05, 3.63) is 0 Å². The SMILES string of the molecule is CCN(C(=O)CCNC(C)(C)C)C1CCCCC1. The van der Waals surface area contributed by atoms with Gasteiger partial charge in [-0.3, -0.25) is 4.79 Å². The first-order chi connectivity index (χ1) is 8.44. The van der Waals surface area contributed by atoms with E-state index in [0.29, 0.717) is 18.4 Å². The summed E-state index contributed by atoms with van der Waals surface area (Å²) in [6, 6.07) is 0.505. The number of carbonyl (C=O) groups is 1. The zero-order valence-corrected chi connectivity index (χ0v) is 12.6. The van der Waals surface area contributed by atoms with Crippen molar-refractivity contribution in [2.75, 3.05) is 13.1 Å². The van der Waals surface area contributed by atoms with Crippen molar-refractivity contribution in [2.45, 2.75) is 77.8 Å². The van der Waals surface area contributed by atoms with E-state index >= 15 is 0 Å². The predicted molar refractivity (Wildman–Crippen MR) is 76.6 cm³/mol. The molecule has 0 saturated heterocycles. The van der Waals surface area contributed by atoms with Gasteiger partial charge in [-0.25, -0.2) is 0 Å². The Morgan fingerprint density at radius 2 is 1.83 bits per heavy atom. The van der Waals surface area contributed by atoms with E-state index in [1.165, 1.54) is 32.1 Å². The molecule has 3 nitrogen and oxygen atoms in total. The second-order valence-electron chi connectivity index (χ2n) is 6.40. The minimum absolute atomic E-state index is 0.0994. The zero-order chi connectivity index (χ0) is 13.6. The molecule has 106 valence electrons. The minimum Gasteiger partial charge on any atom is -0.340 e. The number of hydrogen-bond donors (Lipinski definition) is 1. The van der Waals surface area contributed by atoms with E-state index < -0.39 is 0 Å². The lowest BCUT2D eigenvalue weighted by molar-refractivity contribution is -0.133. The average Bonchev–Trinajstić information content (AvgIpc) is 2.29. The monoisotopic (exact) mass is 254 g/mol. The Labute approximate surface area is 112 Å². The molecule has 1 rings (SSSR count). The third kappa shape index (κ3) is 5.38. The number of amides is 1. The molecule has 1 saturated carbocycles. The van der Waals surface area contributed by atoms with Crippen molar-refractivity contribution in [1.82, 2.24) is 10.2 Å². The molecule has 1 fully saturated rings. The molecule has 0 atom stereocenters. The van der Waals surface area contributed by atoms with Crippen molar-refractivity contribution in [2.24, 2.45) is 0 Å². The summed E-state index contributed by atoms with van der Waals surface area (Å²) in [4.78, 5) is 14.3. The van der Waals surface area contributed by atoms with Crippen LogP contribution in [0.5, 0.6) is 0 Å². The van der Waals surface area contributed by atoms with Crippen LogP contribution in [-0.4, -0.2) is 35.5 Å². The lowest BCUT2D eigenvalue weighted by Gasteiger charge is -2.34. The molecule has 1 N–H and O–H groups in total. The van der Waals surface area contributed by atoms with E-state index in [4.69, 9.17) is 0 Å². The maximum Gasteiger partial charge on any atom is 0.224 e. The van der Waals surface area contributed by atoms with Crippen LogP contribution in [0.15, 0.2) is 0 Å². The molecule has 0 unspecified atom stereocenters. The predicted octanol–water partition coefficient (Wildman–Crippen LogP) is 2.95. The van der Waals surface area contributed by atoms with Gasteiger partial charge >= 0.3 is 0 Å². The van der Waals surface area contributed by atoms with Gasteiger partial charge < -0.3 is 10.2 Å². The van der Waals surface area contributed by atoms with Crippen LogP contribution in [0.25, 0.3) is 0 Å².